The summed E-state index contributed by atoms with van der Waals surface area (Å²) in [5.74, 6) is 1.58. The van der Waals surface area contributed by atoms with Crippen LogP contribution >= 0.6 is 0 Å². The molecule has 0 atom stereocenters. The third kappa shape index (κ3) is 4.67. The number of benzene rings is 2. The zero-order valence-corrected chi connectivity index (χ0v) is 15.3. The Hall–Kier alpha value is -2.20. The fourth-order valence-electron chi connectivity index (χ4n) is 3.40. The molecule has 0 bridgehead atoms. The molecule has 0 radical (unpaired) electrons. The van der Waals surface area contributed by atoms with E-state index in [0.29, 0.717) is 0 Å². The van der Waals surface area contributed by atoms with Gasteiger partial charge < -0.3 is 14.4 Å². The summed E-state index contributed by atoms with van der Waals surface area (Å²) in [5, 5.41) is 0. The number of rotatable bonds is 7. The van der Waals surface area contributed by atoms with E-state index in [9.17, 15) is 0 Å². The molecule has 2 aromatic rings. The van der Waals surface area contributed by atoms with Crippen LogP contribution in [0.25, 0.3) is 0 Å². The molecule has 134 valence electrons. The molecule has 1 saturated heterocycles. The standard InChI is InChI=1S/C21H28N2O2/c1-24-20-11-10-19(17-21(20)25-2)23-15-13-22(14-16-23)12-6-9-18-7-4-3-5-8-18/h3-5,7-8,10-11,17H,6,9,12-16H2,1-2H3. The monoisotopic (exact) mass is 340 g/mol. The van der Waals surface area contributed by atoms with E-state index in [4.69, 9.17) is 9.47 Å². The lowest BCUT2D eigenvalue weighted by molar-refractivity contribution is 0.255. The van der Waals surface area contributed by atoms with Crippen LogP contribution in [-0.2, 0) is 6.42 Å². The summed E-state index contributed by atoms with van der Waals surface area (Å²) < 4.78 is 10.7. The van der Waals surface area contributed by atoms with Crippen molar-refractivity contribution >= 4 is 5.69 Å². The maximum atomic E-state index is 5.42. The van der Waals surface area contributed by atoms with Gasteiger partial charge in [0, 0.05) is 37.9 Å². The molecule has 1 aliphatic heterocycles. The molecule has 0 amide bonds. The van der Waals surface area contributed by atoms with Crippen LogP contribution in [-0.4, -0.2) is 51.8 Å². The molecule has 0 spiro atoms. The SMILES string of the molecule is COc1ccc(N2CCN(CCCc3ccccc3)CC2)cc1OC. The number of methoxy groups -OCH3 is 2. The van der Waals surface area contributed by atoms with Crippen molar-refractivity contribution in [2.75, 3.05) is 51.8 Å². The second-order valence-electron chi connectivity index (χ2n) is 6.46. The van der Waals surface area contributed by atoms with Gasteiger partial charge in [0.1, 0.15) is 0 Å². The van der Waals surface area contributed by atoms with Gasteiger partial charge in [-0.15, -0.1) is 0 Å². The van der Waals surface area contributed by atoms with Crippen molar-refractivity contribution in [2.24, 2.45) is 0 Å². The first-order valence-electron chi connectivity index (χ1n) is 9.03. The van der Waals surface area contributed by atoms with Crippen molar-refractivity contribution in [3.63, 3.8) is 0 Å². The Labute approximate surface area is 151 Å². The molecule has 1 aliphatic rings. The molecule has 0 unspecified atom stereocenters. The summed E-state index contributed by atoms with van der Waals surface area (Å²) in [6.07, 6.45) is 2.39. The number of nitrogens with zero attached hydrogens (tertiary/aromatic N) is 2. The van der Waals surface area contributed by atoms with Crippen LogP contribution in [0.2, 0.25) is 0 Å². The van der Waals surface area contributed by atoms with E-state index in [1.54, 1.807) is 14.2 Å². The fourth-order valence-corrected chi connectivity index (χ4v) is 3.40. The van der Waals surface area contributed by atoms with Gasteiger partial charge in [-0.2, -0.15) is 0 Å². The summed E-state index contributed by atoms with van der Waals surface area (Å²) in [6, 6.07) is 16.9. The number of ether oxygens (including phenoxy) is 2. The summed E-state index contributed by atoms with van der Waals surface area (Å²) in [7, 11) is 3.36. The van der Waals surface area contributed by atoms with Crippen LogP contribution in [0.3, 0.4) is 0 Å². The number of anilines is 1. The van der Waals surface area contributed by atoms with E-state index < -0.39 is 0 Å². The second kappa shape index (κ2) is 8.77. The van der Waals surface area contributed by atoms with E-state index in [-0.39, 0.29) is 0 Å². The molecule has 1 heterocycles. The molecule has 0 aliphatic carbocycles. The van der Waals surface area contributed by atoms with Crippen LogP contribution in [0.5, 0.6) is 11.5 Å². The number of piperazine rings is 1. The number of hydrogen-bond donors (Lipinski definition) is 0. The van der Waals surface area contributed by atoms with Gasteiger partial charge in [-0.1, -0.05) is 30.3 Å². The Balaban J connectivity index is 1.47. The lowest BCUT2D eigenvalue weighted by Gasteiger charge is -2.36. The predicted molar refractivity (Wildman–Crippen MR) is 103 cm³/mol. The van der Waals surface area contributed by atoms with Crippen LogP contribution in [0.15, 0.2) is 48.5 Å². The minimum absolute atomic E-state index is 0.783. The first kappa shape index (κ1) is 17.6. The molecule has 0 aromatic heterocycles. The van der Waals surface area contributed by atoms with Crippen LogP contribution in [0.4, 0.5) is 5.69 Å². The first-order valence-corrected chi connectivity index (χ1v) is 9.03. The molecule has 1 fully saturated rings. The van der Waals surface area contributed by atoms with Gasteiger partial charge in [0.15, 0.2) is 11.5 Å². The van der Waals surface area contributed by atoms with Gasteiger partial charge in [0.2, 0.25) is 0 Å². The third-order valence-corrected chi connectivity index (χ3v) is 4.89. The fraction of sp³-hybridized carbons (Fsp3) is 0.429. The van der Waals surface area contributed by atoms with Gasteiger partial charge in [0.05, 0.1) is 14.2 Å². The Bertz CT molecular complexity index is 652. The topological polar surface area (TPSA) is 24.9 Å². The molecule has 25 heavy (non-hydrogen) atoms. The van der Waals surface area contributed by atoms with Crippen LogP contribution in [0.1, 0.15) is 12.0 Å². The zero-order chi connectivity index (χ0) is 17.5. The van der Waals surface area contributed by atoms with Crippen molar-refractivity contribution in [1.82, 2.24) is 4.90 Å². The minimum Gasteiger partial charge on any atom is -0.493 e. The quantitative estimate of drug-likeness (QED) is 0.771. The Morgan fingerprint density at radius 2 is 1.56 bits per heavy atom. The minimum atomic E-state index is 0.783. The molecule has 2 aromatic carbocycles. The average molecular weight is 340 g/mol. The van der Waals surface area contributed by atoms with Gasteiger partial charge >= 0.3 is 0 Å². The molecule has 4 heteroatoms. The Morgan fingerprint density at radius 1 is 0.840 bits per heavy atom. The van der Waals surface area contributed by atoms with Crippen LogP contribution in [0, 0.1) is 0 Å². The summed E-state index contributed by atoms with van der Waals surface area (Å²) >= 11 is 0. The second-order valence-corrected chi connectivity index (χ2v) is 6.46. The number of hydrogen-bond acceptors (Lipinski definition) is 4. The predicted octanol–water partition coefficient (Wildman–Crippen LogP) is 3.46. The molecular formula is C21H28N2O2. The molecule has 4 nitrogen and oxygen atoms in total. The van der Waals surface area contributed by atoms with Crippen molar-refractivity contribution in [3.05, 3.63) is 54.1 Å². The summed E-state index contributed by atoms with van der Waals surface area (Å²) in [5.41, 5.74) is 2.65. The highest BCUT2D eigenvalue weighted by atomic mass is 16.5. The highest BCUT2D eigenvalue weighted by Gasteiger charge is 2.18. The maximum absolute atomic E-state index is 5.42. The van der Waals surface area contributed by atoms with E-state index in [2.05, 4.69) is 52.3 Å². The molecular weight excluding hydrogens is 312 g/mol. The van der Waals surface area contributed by atoms with E-state index in [0.717, 1.165) is 44.1 Å². The molecule has 0 N–H and O–H groups in total. The van der Waals surface area contributed by atoms with E-state index >= 15 is 0 Å². The summed E-state index contributed by atoms with van der Waals surface area (Å²) in [4.78, 5) is 5.00. The van der Waals surface area contributed by atoms with Gasteiger partial charge in [0.25, 0.3) is 0 Å². The van der Waals surface area contributed by atoms with Gasteiger partial charge in [-0.05, 0) is 37.1 Å². The highest BCUT2D eigenvalue weighted by molar-refractivity contribution is 5.56. The zero-order valence-electron chi connectivity index (χ0n) is 15.3. The smallest absolute Gasteiger partial charge is 0.162 e. The Kier molecular flexibility index (Phi) is 6.18. The van der Waals surface area contributed by atoms with Gasteiger partial charge in [-0.25, -0.2) is 0 Å². The number of aryl methyl sites for hydroxylation is 1. The first-order chi connectivity index (χ1) is 12.3. The van der Waals surface area contributed by atoms with Crippen molar-refractivity contribution in [2.45, 2.75) is 12.8 Å². The maximum Gasteiger partial charge on any atom is 0.162 e. The lowest BCUT2D eigenvalue weighted by Crippen LogP contribution is -2.46. The normalized spacial score (nSPS) is 15.2. The van der Waals surface area contributed by atoms with E-state index in [1.165, 1.54) is 24.2 Å². The van der Waals surface area contributed by atoms with Crippen molar-refractivity contribution in [3.8, 4) is 11.5 Å². The largest absolute Gasteiger partial charge is 0.493 e. The lowest BCUT2D eigenvalue weighted by atomic mass is 10.1. The molecule has 3 rings (SSSR count). The van der Waals surface area contributed by atoms with E-state index in [1.807, 2.05) is 6.07 Å². The van der Waals surface area contributed by atoms with Gasteiger partial charge in [-0.3, -0.25) is 4.90 Å². The molecule has 0 saturated carbocycles. The average Bonchev–Trinajstić information content (AvgIpc) is 2.69. The highest BCUT2D eigenvalue weighted by Crippen LogP contribution is 2.31. The third-order valence-electron chi connectivity index (χ3n) is 4.89. The van der Waals surface area contributed by atoms with Crippen LogP contribution < -0.4 is 14.4 Å². The van der Waals surface area contributed by atoms with Crippen molar-refractivity contribution in [1.29, 1.82) is 0 Å². The summed E-state index contributed by atoms with van der Waals surface area (Å²) in [6.45, 7) is 5.52. The Morgan fingerprint density at radius 3 is 2.24 bits per heavy atom. The van der Waals surface area contributed by atoms with Crippen molar-refractivity contribution < 1.29 is 9.47 Å².